The van der Waals surface area contributed by atoms with Gasteiger partial charge in [0.15, 0.2) is 0 Å². The van der Waals surface area contributed by atoms with E-state index in [0.717, 1.165) is 12.1 Å². The fraction of sp³-hybridized carbons (Fsp3) is 0. The van der Waals surface area contributed by atoms with Gasteiger partial charge in [0.1, 0.15) is 10.8 Å². The molecule has 0 spiro atoms. The van der Waals surface area contributed by atoms with E-state index in [2.05, 4.69) is 0 Å². The minimum Gasteiger partial charge on any atom is -0.258 e. The maximum Gasteiger partial charge on any atom is 0.289 e. The molecule has 0 aromatic heterocycles. The van der Waals surface area contributed by atoms with Gasteiger partial charge in [-0.15, -0.1) is 0 Å². The first kappa shape index (κ1) is 9.66. The molecule has 1 rings (SSSR count). The highest BCUT2D eigenvalue weighted by Gasteiger charge is 2.17. The van der Waals surface area contributed by atoms with Gasteiger partial charge < -0.3 is 0 Å². The molecule has 3 nitrogen and oxygen atoms in total. The Labute approximate surface area is 85.8 Å². The zero-order chi connectivity index (χ0) is 9.30. The molecule has 1 aromatic rings. The van der Waals surface area contributed by atoms with Crippen molar-refractivity contribution in [2.45, 2.75) is 0 Å². The van der Waals surface area contributed by atoms with Gasteiger partial charge in [-0.2, -0.15) is 0 Å². The largest absolute Gasteiger partial charge is 0.289 e. The predicted octanol–water partition coefficient (Wildman–Crippen LogP) is 2.99. The van der Waals surface area contributed by atoms with E-state index in [9.17, 15) is 14.5 Å². The number of rotatable bonds is 1. The second-order valence-electron chi connectivity index (χ2n) is 1.95. The van der Waals surface area contributed by atoms with Crippen LogP contribution in [0.3, 0.4) is 0 Å². The SMILES string of the molecule is O=[N+]([O-])c1ccc(F)c(I)c1Cl. The lowest BCUT2D eigenvalue weighted by atomic mass is 10.3. The van der Waals surface area contributed by atoms with Gasteiger partial charge in [0, 0.05) is 6.07 Å². The van der Waals surface area contributed by atoms with Crippen molar-refractivity contribution in [3.8, 4) is 0 Å². The van der Waals surface area contributed by atoms with Gasteiger partial charge in [-0.05, 0) is 28.7 Å². The minimum absolute atomic E-state index is 0.0727. The topological polar surface area (TPSA) is 43.1 Å². The number of nitro benzene ring substituents is 1. The monoisotopic (exact) mass is 301 g/mol. The molecular formula is C6H2ClFINO2. The lowest BCUT2D eigenvalue weighted by Crippen LogP contribution is -1.92. The lowest BCUT2D eigenvalue weighted by molar-refractivity contribution is -0.384. The average Bonchev–Trinajstić information content (AvgIpc) is 2.00. The molecule has 0 bridgehead atoms. The van der Waals surface area contributed by atoms with E-state index in [-0.39, 0.29) is 14.3 Å². The molecule has 0 amide bonds. The molecule has 0 aliphatic heterocycles. The van der Waals surface area contributed by atoms with Crippen LogP contribution in [0.2, 0.25) is 5.02 Å². The van der Waals surface area contributed by atoms with Crippen molar-refractivity contribution in [2.75, 3.05) is 0 Å². The molecule has 0 atom stereocenters. The molecule has 0 heterocycles. The van der Waals surface area contributed by atoms with Crippen LogP contribution in [0.25, 0.3) is 0 Å². The molecule has 0 aliphatic rings. The second kappa shape index (κ2) is 3.53. The summed E-state index contributed by atoms with van der Waals surface area (Å²) in [6.07, 6.45) is 0. The Bertz CT molecular complexity index is 345. The van der Waals surface area contributed by atoms with Crippen LogP contribution in [0.5, 0.6) is 0 Å². The van der Waals surface area contributed by atoms with Crippen molar-refractivity contribution in [3.63, 3.8) is 0 Å². The number of hydrogen-bond donors (Lipinski definition) is 0. The third-order valence-corrected chi connectivity index (χ3v) is 2.97. The highest BCUT2D eigenvalue weighted by Crippen LogP contribution is 2.30. The smallest absolute Gasteiger partial charge is 0.258 e. The van der Waals surface area contributed by atoms with Crippen molar-refractivity contribution in [2.24, 2.45) is 0 Å². The first-order chi connectivity index (χ1) is 5.54. The van der Waals surface area contributed by atoms with E-state index < -0.39 is 10.7 Å². The summed E-state index contributed by atoms with van der Waals surface area (Å²) in [5.41, 5.74) is -0.275. The summed E-state index contributed by atoms with van der Waals surface area (Å²) >= 11 is 7.12. The highest BCUT2D eigenvalue weighted by atomic mass is 127. The summed E-state index contributed by atoms with van der Waals surface area (Å²) in [6.45, 7) is 0. The predicted molar refractivity (Wildman–Crippen MR) is 50.8 cm³/mol. The zero-order valence-corrected chi connectivity index (χ0v) is 8.47. The Hall–Kier alpha value is -0.430. The summed E-state index contributed by atoms with van der Waals surface area (Å²) in [7, 11) is 0. The Morgan fingerprint density at radius 2 is 2.17 bits per heavy atom. The first-order valence-corrected chi connectivity index (χ1v) is 4.27. The molecule has 6 heteroatoms. The van der Waals surface area contributed by atoms with E-state index in [1.54, 1.807) is 22.6 Å². The number of hydrogen-bond acceptors (Lipinski definition) is 2. The van der Waals surface area contributed by atoms with Crippen LogP contribution in [0.1, 0.15) is 0 Å². The van der Waals surface area contributed by atoms with Crippen molar-refractivity contribution < 1.29 is 9.31 Å². The molecule has 0 radical (unpaired) electrons. The van der Waals surface area contributed by atoms with Crippen LogP contribution in [-0.4, -0.2) is 4.92 Å². The normalized spacial score (nSPS) is 9.92. The number of nitrogens with zero attached hydrogens (tertiary/aromatic N) is 1. The fourth-order valence-corrected chi connectivity index (χ4v) is 1.34. The summed E-state index contributed by atoms with van der Waals surface area (Å²) < 4.78 is 12.8. The summed E-state index contributed by atoms with van der Waals surface area (Å²) in [4.78, 5) is 9.63. The summed E-state index contributed by atoms with van der Waals surface area (Å²) in [6, 6.07) is 2.06. The molecule has 0 saturated carbocycles. The van der Waals surface area contributed by atoms with E-state index in [1.165, 1.54) is 0 Å². The summed E-state index contributed by atoms with van der Waals surface area (Å²) in [5.74, 6) is -0.550. The molecule has 12 heavy (non-hydrogen) atoms. The van der Waals surface area contributed by atoms with E-state index >= 15 is 0 Å². The van der Waals surface area contributed by atoms with E-state index in [0.29, 0.717) is 0 Å². The van der Waals surface area contributed by atoms with Crippen molar-refractivity contribution in [1.29, 1.82) is 0 Å². The Balaban J connectivity index is 3.36. The quantitative estimate of drug-likeness (QED) is 0.346. The summed E-state index contributed by atoms with van der Waals surface area (Å²) in [5, 5.41) is 10.1. The van der Waals surface area contributed by atoms with Gasteiger partial charge in [0.2, 0.25) is 0 Å². The Morgan fingerprint density at radius 1 is 1.58 bits per heavy atom. The van der Waals surface area contributed by atoms with Gasteiger partial charge in [-0.25, -0.2) is 4.39 Å². The molecule has 1 aromatic carbocycles. The van der Waals surface area contributed by atoms with Crippen molar-refractivity contribution in [1.82, 2.24) is 0 Å². The van der Waals surface area contributed by atoms with Crippen LogP contribution in [-0.2, 0) is 0 Å². The average molecular weight is 301 g/mol. The molecule has 0 N–H and O–H groups in total. The van der Waals surface area contributed by atoms with E-state index in [1.807, 2.05) is 0 Å². The maximum atomic E-state index is 12.7. The van der Waals surface area contributed by atoms with Crippen LogP contribution in [0.4, 0.5) is 10.1 Å². The molecular weight excluding hydrogens is 299 g/mol. The molecule has 0 saturated heterocycles. The number of halogens is 3. The van der Waals surface area contributed by atoms with Gasteiger partial charge in [0.25, 0.3) is 5.69 Å². The van der Waals surface area contributed by atoms with Crippen LogP contribution < -0.4 is 0 Å². The number of benzene rings is 1. The third kappa shape index (κ3) is 1.66. The molecule has 64 valence electrons. The highest BCUT2D eigenvalue weighted by molar-refractivity contribution is 14.1. The standard InChI is InChI=1S/C6H2ClFINO2/c7-5-4(10(11)12)2-1-3(8)6(5)9/h1-2H. The second-order valence-corrected chi connectivity index (χ2v) is 3.41. The van der Waals surface area contributed by atoms with Gasteiger partial charge in [0.05, 0.1) is 8.49 Å². The minimum atomic E-state index is -0.649. The van der Waals surface area contributed by atoms with Gasteiger partial charge in [-0.1, -0.05) is 11.6 Å². The molecule has 0 aliphatic carbocycles. The van der Waals surface area contributed by atoms with Crippen molar-refractivity contribution in [3.05, 3.63) is 36.7 Å². The molecule has 0 fully saturated rings. The first-order valence-electron chi connectivity index (χ1n) is 2.82. The van der Waals surface area contributed by atoms with E-state index in [4.69, 9.17) is 11.6 Å². The Morgan fingerprint density at radius 3 is 2.67 bits per heavy atom. The van der Waals surface area contributed by atoms with Crippen molar-refractivity contribution >= 4 is 39.9 Å². The number of nitro groups is 1. The third-order valence-electron chi connectivity index (χ3n) is 1.21. The van der Waals surface area contributed by atoms with Gasteiger partial charge in [-0.3, -0.25) is 10.1 Å². The van der Waals surface area contributed by atoms with Crippen LogP contribution in [0, 0.1) is 19.5 Å². The molecule has 0 unspecified atom stereocenters. The lowest BCUT2D eigenvalue weighted by Gasteiger charge is -1.97. The fourth-order valence-electron chi connectivity index (χ4n) is 0.657. The zero-order valence-electron chi connectivity index (χ0n) is 5.55. The van der Waals surface area contributed by atoms with Gasteiger partial charge >= 0.3 is 0 Å². The van der Waals surface area contributed by atoms with Crippen LogP contribution >= 0.6 is 34.2 Å². The maximum absolute atomic E-state index is 12.7. The van der Waals surface area contributed by atoms with Crippen LogP contribution in [0.15, 0.2) is 12.1 Å². The Kier molecular flexibility index (Phi) is 2.84.